The lowest BCUT2D eigenvalue weighted by molar-refractivity contribution is 0.0827. The van der Waals surface area contributed by atoms with Crippen LogP contribution in [-0.2, 0) is 4.74 Å². The first-order valence-corrected chi connectivity index (χ1v) is 6.20. The minimum absolute atomic E-state index is 0.365. The van der Waals surface area contributed by atoms with E-state index < -0.39 is 0 Å². The minimum Gasteiger partial charge on any atom is -0.371 e. The van der Waals surface area contributed by atoms with Crippen molar-refractivity contribution < 1.29 is 4.74 Å². The summed E-state index contributed by atoms with van der Waals surface area (Å²) in [6, 6.07) is 0.559. The molecule has 0 radical (unpaired) electrons. The van der Waals surface area contributed by atoms with Gasteiger partial charge >= 0.3 is 0 Å². The van der Waals surface area contributed by atoms with E-state index in [1.54, 1.807) is 0 Å². The van der Waals surface area contributed by atoms with E-state index in [9.17, 15) is 0 Å². The molecule has 0 aromatic heterocycles. The van der Waals surface area contributed by atoms with Crippen molar-refractivity contribution in [3.05, 3.63) is 11.6 Å². The van der Waals surface area contributed by atoms with Gasteiger partial charge in [0.05, 0.1) is 12.2 Å². The smallest absolute Gasteiger partial charge is 0.0763 e. The van der Waals surface area contributed by atoms with E-state index in [2.05, 4.69) is 39.1 Å². The molecule has 1 fully saturated rings. The quantitative estimate of drug-likeness (QED) is 0.706. The maximum atomic E-state index is 5.80. The lowest BCUT2D eigenvalue weighted by Crippen LogP contribution is -2.25. The predicted molar refractivity (Wildman–Crippen MR) is 65.1 cm³/mol. The van der Waals surface area contributed by atoms with Gasteiger partial charge < -0.3 is 10.1 Å². The number of rotatable bonds is 5. The zero-order valence-corrected chi connectivity index (χ0v) is 10.5. The van der Waals surface area contributed by atoms with Gasteiger partial charge in [-0.15, -0.1) is 0 Å². The van der Waals surface area contributed by atoms with Crippen LogP contribution in [-0.4, -0.2) is 24.8 Å². The second-order valence-electron chi connectivity index (χ2n) is 4.78. The molecule has 1 aliphatic rings. The second kappa shape index (κ2) is 6.29. The van der Waals surface area contributed by atoms with Gasteiger partial charge in [0.2, 0.25) is 0 Å². The highest BCUT2D eigenvalue weighted by Gasteiger charge is 2.19. The average Bonchev–Trinajstić information content (AvgIpc) is 2.58. The predicted octanol–water partition coefficient (Wildman–Crippen LogP) is 2.89. The Balaban J connectivity index is 2.39. The summed E-state index contributed by atoms with van der Waals surface area (Å²) in [5.74, 6) is 0. The molecule has 0 saturated carbocycles. The Morgan fingerprint density at radius 1 is 1.47 bits per heavy atom. The minimum atomic E-state index is 0.365. The van der Waals surface area contributed by atoms with Crippen LogP contribution < -0.4 is 5.32 Å². The fraction of sp³-hybridized carbons (Fsp3) is 0.846. The Bertz CT molecular complexity index is 211. The summed E-state index contributed by atoms with van der Waals surface area (Å²) in [5.41, 5.74) is 1.47. The molecule has 1 heterocycles. The molecule has 0 amide bonds. The van der Waals surface area contributed by atoms with Gasteiger partial charge in [0.15, 0.2) is 0 Å². The lowest BCUT2D eigenvalue weighted by atomic mass is 10.1. The third kappa shape index (κ3) is 4.80. The number of ether oxygens (including phenoxy) is 1. The summed E-state index contributed by atoms with van der Waals surface area (Å²) < 4.78 is 5.80. The van der Waals surface area contributed by atoms with Crippen LogP contribution in [0, 0.1) is 0 Å². The lowest BCUT2D eigenvalue weighted by Gasteiger charge is -2.13. The van der Waals surface area contributed by atoms with Crippen molar-refractivity contribution in [3.8, 4) is 0 Å². The van der Waals surface area contributed by atoms with Crippen LogP contribution in [0.25, 0.3) is 0 Å². The molecule has 1 rings (SSSR count). The number of nitrogens with one attached hydrogen (secondary N) is 1. The number of hydrogen-bond donors (Lipinski definition) is 1. The van der Waals surface area contributed by atoms with E-state index in [0.717, 1.165) is 13.0 Å². The molecule has 2 heteroatoms. The molecule has 0 aliphatic carbocycles. The molecule has 1 N–H and O–H groups in total. The maximum Gasteiger partial charge on any atom is 0.0763 e. The zero-order chi connectivity index (χ0) is 11.3. The van der Waals surface area contributed by atoms with Gasteiger partial charge in [-0.3, -0.25) is 0 Å². The summed E-state index contributed by atoms with van der Waals surface area (Å²) in [6.45, 7) is 9.74. The third-order valence-corrected chi connectivity index (χ3v) is 2.88. The Labute approximate surface area is 94.1 Å². The van der Waals surface area contributed by atoms with Gasteiger partial charge in [-0.1, -0.05) is 32.4 Å². The second-order valence-corrected chi connectivity index (χ2v) is 4.78. The van der Waals surface area contributed by atoms with Gasteiger partial charge in [-0.25, -0.2) is 0 Å². The Morgan fingerprint density at radius 2 is 2.20 bits per heavy atom. The van der Waals surface area contributed by atoms with E-state index in [-0.39, 0.29) is 0 Å². The highest BCUT2D eigenvalue weighted by Crippen LogP contribution is 2.21. The van der Waals surface area contributed by atoms with Crippen molar-refractivity contribution in [3.63, 3.8) is 0 Å². The molecule has 0 spiro atoms. The SMILES string of the molecule is CCC(=CC1CCC(C)O1)CNC(C)C. The largest absolute Gasteiger partial charge is 0.371 e. The Morgan fingerprint density at radius 3 is 2.67 bits per heavy atom. The van der Waals surface area contributed by atoms with E-state index in [1.807, 2.05) is 0 Å². The standard InChI is InChI=1S/C13H25NO/c1-5-12(9-14-10(2)3)8-13-7-6-11(4)15-13/h8,10-11,13-14H,5-7,9H2,1-4H3. The van der Waals surface area contributed by atoms with Gasteiger partial charge in [0.1, 0.15) is 0 Å². The van der Waals surface area contributed by atoms with E-state index in [4.69, 9.17) is 4.74 Å². The summed E-state index contributed by atoms with van der Waals surface area (Å²) in [6.07, 6.45) is 6.64. The van der Waals surface area contributed by atoms with Crippen molar-refractivity contribution in [2.24, 2.45) is 0 Å². The first-order valence-electron chi connectivity index (χ1n) is 6.20. The Hall–Kier alpha value is -0.340. The van der Waals surface area contributed by atoms with E-state index in [0.29, 0.717) is 18.2 Å². The molecule has 88 valence electrons. The number of hydrogen-bond acceptors (Lipinski definition) is 2. The maximum absolute atomic E-state index is 5.80. The fourth-order valence-corrected chi connectivity index (χ4v) is 1.86. The zero-order valence-electron chi connectivity index (χ0n) is 10.5. The third-order valence-electron chi connectivity index (χ3n) is 2.88. The van der Waals surface area contributed by atoms with Crippen molar-refractivity contribution in [2.45, 2.75) is 65.2 Å². The summed E-state index contributed by atoms with van der Waals surface area (Å²) in [5, 5.41) is 3.46. The molecule has 2 nitrogen and oxygen atoms in total. The van der Waals surface area contributed by atoms with Crippen LogP contribution >= 0.6 is 0 Å². The van der Waals surface area contributed by atoms with Crippen LogP contribution in [0.1, 0.15) is 47.0 Å². The molecule has 0 bridgehead atoms. The highest BCUT2D eigenvalue weighted by molar-refractivity contribution is 5.08. The van der Waals surface area contributed by atoms with E-state index >= 15 is 0 Å². The monoisotopic (exact) mass is 211 g/mol. The summed E-state index contributed by atoms with van der Waals surface area (Å²) in [7, 11) is 0. The average molecular weight is 211 g/mol. The van der Waals surface area contributed by atoms with Gasteiger partial charge in [0.25, 0.3) is 0 Å². The molecular weight excluding hydrogens is 186 g/mol. The molecular formula is C13H25NO. The van der Waals surface area contributed by atoms with Crippen LogP contribution in [0.3, 0.4) is 0 Å². The van der Waals surface area contributed by atoms with Crippen LogP contribution in [0.4, 0.5) is 0 Å². The van der Waals surface area contributed by atoms with E-state index in [1.165, 1.54) is 18.4 Å². The van der Waals surface area contributed by atoms with Gasteiger partial charge in [-0.2, -0.15) is 0 Å². The van der Waals surface area contributed by atoms with Crippen LogP contribution in [0.2, 0.25) is 0 Å². The molecule has 0 aromatic carbocycles. The van der Waals surface area contributed by atoms with Crippen molar-refractivity contribution in [2.75, 3.05) is 6.54 Å². The molecule has 2 unspecified atom stereocenters. The topological polar surface area (TPSA) is 21.3 Å². The van der Waals surface area contributed by atoms with Crippen molar-refractivity contribution in [1.29, 1.82) is 0 Å². The first kappa shape index (κ1) is 12.7. The van der Waals surface area contributed by atoms with Crippen molar-refractivity contribution >= 4 is 0 Å². The fourth-order valence-electron chi connectivity index (χ4n) is 1.86. The molecule has 2 atom stereocenters. The van der Waals surface area contributed by atoms with Crippen molar-refractivity contribution in [1.82, 2.24) is 5.32 Å². The molecule has 15 heavy (non-hydrogen) atoms. The van der Waals surface area contributed by atoms with Gasteiger partial charge in [0, 0.05) is 12.6 Å². The first-order chi connectivity index (χ1) is 7.11. The molecule has 1 saturated heterocycles. The summed E-state index contributed by atoms with van der Waals surface area (Å²) >= 11 is 0. The molecule has 0 aromatic rings. The highest BCUT2D eigenvalue weighted by atomic mass is 16.5. The summed E-state index contributed by atoms with van der Waals surface area (Å²) in [4.78, 5) is 0. The normalized spacial score (nSPS) is 27.7. The molecule has 1 aliphatic heterocycles. The van der Waals surface area contributed by atoms with Gasteiger partial charge in [-0.05, 0) is 26.2 Å². The van der Waals surface area contributed by atoms with Crippen LogP contribution in [0.5, 0.6) is 0 Å². The Kier molecular flexibility index (Phi) is 5.34. The van der Waals surface area contributed by atoms with Crippen LogP contribution in [0.15, 0.2) is 11.6 Å².